The quantitative estimate of drug-likeness (QED) is 0.786. The molecule has 0 saturated carbocycles. The Morgan fingerprint density at radius 1 is 1.56 bits per heavy atom. The second kappa shape index (κ2) is 6.42. The molecule has 2 rings (SSSR count). The number of morpholine rings is 1. The first kappa shape index (κ1) is 13.7. The van der Waals surface area contributed by atoms with Crippen LogP contribution in [0.25, 0.3) is 0 Å². The highest BCUT2D eigenvalue weighted by molar-refractivity contribution is 5.85. The number of nitrogens with zero attached hydrogens (tertiary/aromatic N) is 1. The number of hydrogen-bond donors (Lipinski definition) is 1. The Kier molecular flexibility index (Phi) is 5.52. The van der Waals surface area contributed by atoms with Gasteiger partial charge in [-0.2, -0.15) is 0 Å². The van der Waals surface area contributed by atoms with Crippen LogP contribution in [0.15, 0.2) is 0 Å². The van der Waals surface area contributed by atoms with E-state index in [2.05, 4.69) is 12.2 Å². The summed E-state index contributed by atoms with van der Waals surface area (Å²) in [6.07, 6.45) is 2.90. The van der Waals surface area contributed by atoms with Crippen molar-refractivity contribution in [2.75, 3.05) is 26.3 Å². The van der Waals surface area contributed by atoms with E-state index in [1.54, 1.807) is 0 Å². The van der Waals surface area contributed by atoms with Crippen LogP contribution in [0.3, 0.4) is 0 Å². The van der Waals surface area contributed by atoms with Crippen LogP contribution in [-0.4, -0.2) is 49.2 Å². The molecule has 2 atom stereocenters. The number of carbonyl (C=O) groups excluding carboxylic acids is 1. The third-order valence-electron chi connectivity index (χ3n) is 3.29. The van der Waals surface area contributed by atoms with E-state index in [4.69, 9.17) is 4.74 Å². The lowest BCUT2D eigenvalue weighted by molar-refractivity contribution is -0.132. The van der Waals surface area contributed by atoms with Gasteiger partial charge in [0.2, 0.25) is 5.91 Å². The lowest BCUT2D eigenvalue weighted by atomic mass is 10.1. The number of rotatable bonds is 2. The number of amides is 1. The number of halogens is 1. The molecule has 0 aromatic carbocycles. The summed E-state index contributed by atoms with van der Waals surface area (Å²) in [7, 11) is 0. The first-order chi connectivity index (χ1) is 7.27. The van der Waals surface area contributed by atoms with Gasteiger partial charge in [0.15, 0.2) is 0 Å². The van der Waals surface area contributed by atoms with Crippen molar-refractivity contribution in [1.82, 2.24) is 10.2 Å². The van der Waals surface area contributed by atoms with Gasteiger partial charge < -0.3 is 15.0 Å². The van der Waals surface area contributed by atoms with E-state index >= 15 is 0 Å². The van der Waals surface area contributed by atoms with Crippen molar-refractivity contribution in [2.24, 2.45) is 0 Å². The highest BCUT2D eigenvalue weighted by atomic mass is 35.5. The standard InChI is InChI=1S/C11H20N2O2.ClH/c1-9-3-2-5-13(9)11(14)7-10-8-15-6-4-12-10;/h9-10,12H,2-8H2,1H3;1H. The first-order valence-corrected chi connectivity index (χ1v) is 5.88. The summed E-state index contributed by atoms with van der Waals surface area (Å²) < 4.78 is 5.34. The van der Waals surface area contributed by atoms with E-state index in [9.17, 15) is 4.79 Å². The van der Waals surface area contributed by atoms with E-state index in [-0.39, 0.29) is 24.4 Å². The van der Waals surface area contributed by atoms with E-state index < -0.39 is 0 Å². The van der Waals surface area contributed by atoms with Crippen molar-refractivity contribution in [3.63, 3.8) is 0 Å². The van der Waals surface area contributed by atoms with Gasteiger partial charge in [-0.3, -0.25) is 4.79 Å². The molecule has 0 aromatic rings. The Morgan fingerprint density at radius 2 is 2.38 bits per heavy atom. The molecular weight excluding hydrogens is 228 g/mol. The zero-order chi connectivity index (χ0) is 10.7. The molecular formula is C11H21ClN2O2. The zero-order valence-electron chi connectivity index (χ0n) is 9.78. The molecule has 2 aliphatic heterocycles. The Morgan fingerprint density at radius 3 is 2.94 bits per heavy atom. The van der Waals surface area contributed by atoms with E-state index in [0.717, 1.165) is 32.5 Å². The normalized spacial score (nSPS) is 29.9. The minimum Gasteiger partial charge on any atom is -0.378 e. The van der Waals surface area contributed by atoms with Gasteiger partial charge in [0.05, 0.1) is 13.2 Å². The van der Waals surface area contributed by atoms with Gasteiger partial charge in [-0.25, -0.2) is 0 Å². The predicted octanol–water partition coefficient (Wildman–Crippen LogP) is 0.798. The summed E-state index contributed by atoms with van der Waals surface area (Å²) in [4.78, 5) is 14.0. The van der Waals surface area contributed by atoms with Crippen molar-refractivity contribution in [1.29, 1.82) is 0 Å². The second-order valence-corrected chi connectivity index (χ2v) is 4.51. The van der Waals surface area contributed by atoms with Crippen LogP contribution in [0.2, 0.25) is 0 Å². The number of ether oxygens (including phenoxy) is 1. The monoisotopic (exact) mass is 248 g/mol. The third kappa shape index (κ3) is 3.34. The summed E-state index contributed by atoms with van der Waals surface area (Å²) in [6, 6.07) is 0.654. The van der Waals surface area contributed by atoms with Crippen molar-refractivity contribution in [2.45, 2.75) is 38.3 Å². The lowest BCUT2D eigenvalue weighted by Gasteiger charge is -2.27. The first-order valence-electron chi connectivity index (χ1n) is 5.88. The molecule has 0 spiro atoms. The summed E-state index contributed by atoms with van der Waals surface area (Å²) in [5.74, 6) is 0.281. The van der Waals surface area contributed by atoms with Gasteiger partial charge in [0, 0.05) is 31.6 Å². The fourth-order valence-electron chi connectivity index (χ4n) is 2.38. The van der Waals surface area contributed by atoms with E-state index in [1.165, 1.54) is 0 Å². The highest BCUT2D eigenvalue weighted by Gasteiger charge is 2.27. The van der Waals surface area contributed by atoms with Crippen LogP contribution < -0.4 is 5.32 Å². The maximum atomic E-state index is 12.0. The maximum absolute atomic E-state index is 12.0. The van der Waals surface area contributed by atoms with Gasteiger partial charge >= 0.3 is 0 Å². The topological polar surface area (TPSA) is 41.6 Å². The van der Waals surface area contributed by atoms with Crippen molar-refractivity contribution >= 4 is 18.3 Å². The Hall–Kier alpha value is -0.320. The van der Waals surface area contributed by atoms with Crippen LogP contribution in [0.4, 0.5) is 0 Å². The van der Waals surface area contributed by atoms with Crippen molar-refractivity contribution < 1.29 is 9.53 Å². The molecule has 94 valence electrons. The molecule has 1 N–H and O–H groups in total. The van der Waals surface area contributed by atoms with E-state index in [1.807, 2.05) is 4.90 Å². The average molecular weight is 249 g/mol. The molecule has 1 amide bonds. The molecule has 0 radical (unpaired) electrons. The molecule has 2 saturated heterocycles. The van der Waals surface area contributed by atoms with Crippen LogP contribution in [0, 0.1) is 0 Å². The van der Waals surface area contributed by atoms with Crippen LogP contribution in [0.5, 0.6) is 0 Å². The minimum atomic E-state index is 0. The summed E-state index contributed by atoms with van der Waals surface area (Å²) in [5.41, 5.74) is 0. The zero-order valence-corrected chi connectivity index (χ0v) is 10.6. The Labute approximate surface area is 103 Å². The molecule has 4 nitrogen and oxygen atoms in total. The van der Waals surface area contributed by atoms with Gasteiger partial charge in [-0.05, 0) is 19.8 Å². The Bertz CT molecular complexity index is 232. The molecule has 0 bridgehead atoms. The predicted molar refractivity (Wildman–Crippen MR) is 64.9 cm³/mol. The molecule has 2 unspecified atom stereocenters. The molecule has 2 aliphatic rings. The molecule has 2 heterocycles. The summed E-state index contributed by atoms with van der Waals surface area (Å²) in [6.45, 7) is 5.38. The molecule has 2 fully saturated rings. The van der Waals surface area contributed by atoms with Gasteiger partial charge in [-0.1, -0.05) is 0 Å². The van der Waals surface area contributed by atoms with Gasteiger partial charge in [0.25, 0.3) is 0 Å². The molecule has 0 aromatic heterocycles. The summed E-state index contributed by atoms with van der Waals surface area (Å²) >= 11 is 0. The number of likely N-dealkylation sites (tertiary alicyclic amines) is 1. The van der Waals surface area contributed by atoms with Gasteiger partial charge in [0.1, 0.15) is 0 Å². The van der Waals surface area contributed by atoms with Crippen LogP contribution in [0.1, 0.15) is 26.2 Å². The van der Waals surface area contributed by atoms with Crippen molar-refractivity contribution in [3.05, 3.63) is 0 Å². The largest absolute Gasteiger partial charge is 0.378 e. The second-order valence-electron chi connectivity index (χ2n) is 4.51. The van der Waals surface area contributed by atoms with Gasteiger partial charge in [-0.15, -0.1) is 12.4 Å². The average Bonchev–Trinajstić information content (AvgIpc) is 2.66. The SMILES string of the molecule is CC1CCCN1C(=O)CC1COCCN1.Cl. The fraction of sp³-hybridized carbons (Fsp3) is 0.909. The smallest absolute Gasteiger partial charge is 0.224 e. The molecule has 5 heteroatoms. The summed E-state index contributed by atoms with van der Waals surface area (Å²) in [5, 5.41) is 3.32. The van der Waals surface area contributed by atoms with Crippen LogP contribution >= 0.6 is 12.4 Å². The maximum Gasteiger partial charge on any atom is 0.224 e. The number of hydrogen-bond acceptors (Lipinski definition) is 3. The van der Waals surface area contributed by atoms with Crippen LogP contribution in [-0.2, 0) is 9.53 Å². The van der Waals surface area contributed by atoms with Crippen molar-refractivity contribution in [3.8, 4) is 0 Å². The lowest BCUT2D eigenvalue weighted by Crippen LogP contribution is -2.45. The number of carbonyl (C=O) groups is 1. The highest BCUT2D eigenvalue weighted by Crippen LogP contribution is 2.18. The number of nitrogens with one attached hydrogen (secondary N) is 1. The minimum absolute atomic E-state index is 0. The van der Waals surface area contributed by atoms with E-state index in [0.29, 0.717) is 19.1 Å². The molecule has 16 heavy (non-hydrogen) atoms. The fourth-order valence-corrected chi connectivity index (χ4v) is 2.38. The third-order valence-corrected chi connectivity index (χ3v) is 3.29. The Balaban J connectivity index is 0.00000128. The molecule has 0 aliphatic carbocycles.